The van der Waals surface area contributed by atoms with E-state index >= 15 is 0 Å². The highest BCUT2D eigenvalue weighted by Crippen LogP contribution is 2.39. The van der Waals surface area contributed by atoms with Gasteiger partial charge in [-0.25, -0.2) is 0 Å². The molecule has 0 atom stereocenters. The summed E-state index contributed by atoms with van der Waals surface area (Å²) in [5, 5.41) is 5.86. The maximum absolute atomic E-state index is 12.7. The lowest BCUT2D eigenvalue weighted by Crippen LogP contribution is -2.26. The van der Waals surface area contributed by atoms with Crippen molar-refractivity contribution in [2.75, 3.05) is 25.1 Å². The van der Waals surface area contributed by atoms with Crippen LogP contribution in [0.3, 0.4) is 0 Å². The molecule has 0 aromatic heterocycles. The number of hydrogen-bond donors (Lipinski definition) is 2. The quantitative estimate of drug-likeness (QED) is 0.387. The Morgan fingerprint density at radius 2 is 1.74 bits per heavy atom. The first-order valence-corrected chi connectivity index (χ1v) is 12.5. The first-order chi connectivity index (χ1) is 17.1. The fourth-order valence-corrected chi connectivity index (χ4v) is 4.61. The number of benzene rings is 3. The number of rotatable bonds is 9. The van der Waals surface area contributed by atoms with Crippen molar-refractivity contribution in [1.29, 1.82) is 0 Å². The van der Waals surface area contributed by atoms with Gasteiger partial charge in [-0.3, -0.25) is 9.59 Å². The second kappa shape index (κ2) is 11.6. The van der Waals surface area contributed by atoms with Crippen LogP contribution in [-0.4, -0.2) is 31.6 Å². The minimum atomic E-state index is -0.186. The summed E-state index contributed by atoms with van der Waals surface area (Å²) >= 11 is 1.40. The van der Waals surface area contributed by atoms with E-state index in [2.05, 4.69) is 10.6 Å². The van der Waals surface area contributed by atoms with E-state index in [1.165, 1.54) is 11.8 Å². The second-order valence-electron chi connectivity index (χ2n) is 7.84. The summed E-state index contributed by atoms with van der Waals surface area (Å²) < 4.78 is 11.3. The average molecular weight is 489 g/mol. The number of carbonyl (C=O) groups excluding carboxylic acids is 2. The van der Waals surface area contributed by atoms with E-state index in [4.69, 9.17) is 9.47 Å². The molecule has 1 aliphatic heterocycles. The largest absolute Gasteiger partial charge is 0.490 e. The van der Waals surface area contributed by atoms with Gasteiger partial charge in [0, 0.05) is 17.0 Å². The van der Waals surface area contributed by atoms with Gasteiger partial charge in [-0.15, -0.1) is 0 Å². The summed E-state index contributed by atoms with van der Waals surface area (Å²) in [6, 6.07) is 20.9. The van der Waals surface area contributed by atoms with Gasteiger partial charge in [0.2, 0.25) is 0 Å². The van der Waals surface area contributed by atoms with Crippen molar-refractivity contribution in [1.82, 2.24) is 5.32 Å². The van der Waals surface area contributed by atoms with E-state index in [-0.39, 0.29) is 11.8 Å². The summed E-state index contributed by atoms with van der Waals surface area (Å²) in [5.74, 6) is 1.07. The summed E-state index contributed by atoms with van der Waals surface area (Å²) in [6.45, 7) is 5.46. The van der Waals surface area contributed by atoms with Crippen molar-refractivity contribution < 1.29 is 19.1 Å². The Hall–Kier alpha value is -3.71. The van der Waals surface area contributed by atoms with Crippen LogP contribution in [0.25, 0.3) is 6.08 Å². The van der Waals surface area contributed by atoms with Gasteiger partial charge in [0.25, 0.3) is 11.8 Å². The van der Waals surface area contributed by atoms with E-state index in [0.29, 0.717) is 48.1 Å². The Morgan fingerprint density at radius 3 is 2.51 bits per heavy atom. The molecule has 2 N–H and O–H groups in total. The molecule has 0 spiro atoms. The molecule has 0 radical (unpaired) electrons. The van der Waals surface area contributed by atoms with Gasteiger partial charge in [0.05, 0.1) is 23.8 Å². The zero-order valence-electron chi connectivity index (χ0n) is 19.8. The highest BCUT2D eigenvalue weighted by atomic mass is 32.2. The van der Waals surface area contributed by atoms with Crippen LogP contribution in [0.1, 0.15) is 35.3 Å². The van der Waals surface area contributed by atoms with E-state index in [9.17, 15) is 9.59 Å². The van der Waals surface area contributed by atoms with Gasteiger partial charge < -0.3 is 20.1 Å². The summed E-state index contributed by atoms with van der Waals surface area (Å²) in [4.78, 5) is 26.8. The SMILES string of the molecule is CCOc1ccc(CCNC(=O)c2ccc3c(c2)NC(=O)C(=Cc2ccccc2)S3)cc1OCC. The van der Waals surface area contributed by atoms with Crippen molar-refractivity contribution >= 4 is 35.3 Å². The number of nitrogens with one attached hydrogen (secondary N) is 2. The van der Waals surface area contributed by atoms with Crippen LogP contribution in [0.2, 0.25) is 0 Å². The number of thioether (sulfide) groups is 1. The number of hydrogen-bond acceptors (Lipinski definition) is 5. The van der Waals surface area contributed by atoms with E-state index in [1.807, 2.05) is 74.5 Å². The Balaban J connectivity index is 1.37. The standard InChI is InChI=1S/C28H28N2O4S/c1-3-33-23-12-10-20(16-24(23)34-4-2)14-15-29-27(31)21-11-13-25-22(18-21)30-28(32)26(35-25)17-19-8-6-5-7-9-19/h5-13,16-18H,3-4,14-15H2,1-2H3,(H,29,31)(H,30,32). The van der Waals surface area contributed by atoms with E-state index < -0.39 is 0 Å². The maximum Gasteiger partial charge on any atom is 0.262 e. The van der Waals surface area contributed by atoms with Crippen molar-refractivity contribution in [3.05, 3.63) is 88.3 Å². The molecule has 4 rings (SSSR count). The number of amides is 2. The predicted octanol–water partition coefficient (Wildman–Crippen LogP) is 5.54. The molecular formula is C28H28N2O4S. The van der Waals surface area contributed by atoms with Crippen molar-refractivity contribution in [3.63, 3.8) is 0 Å². The Bertz CT molecular complexity index is 1240. The van der Waals surface area contributed by atoms with Crippen LogP contribution in [0.4, 0.5) is 5.69 Å². The van der Waals surface area contributed by atoms with Crippen LogP contribution >= 0.6 is 11.8 Å². The highest BCUT2D eigenvalue weighted by Gasteiger charge is 2.22. The normalized spacial score (nSPS) is 13.7. The van der Waals surface area contributed by atoms with Crippen LogP contribution in [-0.2, 0) is 11.2 Å². The summed E-state index contributed by atoms with van der Waals surface area (Å²) in [7, 11) is 0. The van der Waals surface area contributed by atoms with Gasteiger partial charge >= 0.3 is 0 Å². The van der Waals surface area contributed by atoms with E-state index in [1.54, 1.807) is 12.1 Å². The van der Waals surface area contributed by atoms with Gasteiger partial charge in [0.15, 0.2) is 11.5 Å². The van der Waals surface area contributed by atoms with Crippen LogP contribution in [0.15, 0.2) is 76.5 Å². The zero-order valence-corrected chi connectivity index (χ0v) is 20.6. The van der Waals surface area contributed by atoms with Gasteiger partial charge in [0.1, 0.15) is 0 Å². The number of ether oxygens (including phenoxy) is 2. The Kier molecular flexibility index (Phi) is 8.11. The lowest BCUT2D eigenvalue weighted by molar-refractivity contribution is -0.112. The molecule has 6 nitrogen and oxygen atoms in total. The molecule has 2 amide bonds. The average Bonchev–Trinajstić information content (AvgIpc) is 2.86. The summed E-state index contributed by atoms with van der Waals surface area (Å²) in [6.07, 6.45) is 2.52. The fraction of sp³-hybridized carbons (Fsp3) is 0.214. The molecule has 0 unspecified atom stereocenters. The smallest absolute Gasteiger partial charge is 0.262 e. The lowest BCUT2D eigenvalue weighted by atomic mass is 10.1. The third-order valence-electron chi connectivity index (χ3n) is 5.34. The van der Waals surface area contributed by atoms with Crippen molar-refractivity contribution in [2.45, 2.75) is 25.2 Å². The molecule has 3 aromatic carbocycles. The molecule has 35 heavy (non-hydrogen) atoms. The molecule has 180 valence electrons. The third-order valence-corrected chi connectivity index (χ3v) is 6.44. The van der Waals surface area contributed by atoms with Gasteiger partial charge in [-0.2, -0.15) is 0 Å². The van der Waals surface area contributed by atoms with Crippen molar-refractivity contribution in [3.8, 4) is 11.5 Å². The number of carbonyl (C=O) groups is 2. The minimum Gasteiger partial charge on any atom is -0.490 e. The molecule has 0 saturated heterocycles. The molecule has 0 bridgehead atoms. The minimum absolute atomic E-state index is 0.176. The molecule has 3 aromatic rings. The Labute approximate surface area is 209 Å². The lowest BCUT2D eigenvalue weighted by Gasteiger charge is -2.19. The van der Waals surface area contributed by atoms with Gasteiger partial charge in [-0.05, 0) is 67.8 Å². The topological polar surface area (TPSA) is 76.7 Å². The first-order valence-electron chi connectivity index (χ1n) is 11.6. The monoisotopic (exact) mass is 488 g/mol. The number of fused-ring (bicyclic) bond motifs is 1. The molecule has 7 heteroatoms. The molecule has 0 aliphatic carbocycles. The third kappa shape index (κ3) is 6.25. The zero-order chi connectivity index (χ0) is 24.6. The maximum atomic E-state index is 12.7. The second-order valence-corrected chi connectivity index (χ2v) is 8.92. The number of anilines is 1. The molecule has 0 saturated carbocycles. The first kappa shape index (κ1) is 24.4. The van der Waals surface area contributed by atoms with Crippen LogP contribution < -0.4 is 20.1 Å². The highest BCUT2D eigenvalue weighted by molar-refractivity contribution is 8.04. The summed E-state index contributed by atoms with van der Waals surface area (Å²) in [5.41, 5.74) is 3.15. The Morgan fingerprint density at radius 1 is 0.971 bits per heavy atom. The molecular weight excluding hydrogens is 460 g/mol. The fourth-order valence-electron chi connectivity index (χ4n) is 3.68. The van der Waals surface area contributed by atoms with E-state index in [0.717, 1.165) is 21.8 Å². The molecule has 1 heterocycles. The predicted molar refractivity (Wildman–Crippen MR) is 140 cm³/mol. The van der Waals surface area contributed by atoms with Crippen molar-refractivity contribution in [2.24, 2.45) is 0 Å². The van der Waals surface area contributed by atoms with Crippen LogP contribution in [0.5, 0.6) is 11.5 Å². The molecule has 0 fully saturated rings. The molecule has 1 aliphatic rings. The van der Waals surface area contributed by atoms with Crippen LogP contribution in [0, 0.1) is 0 Å². The van der Waals surface area contributed by atoms with Gasteiger partial charge in [-0.1, -0.05) is 48.2 Å².